The summed E-state index contributed by atoms with van der Waals surface area (Å²) in [4.78, 5) is 5.05. The van der Waals surface area contributed by atoms with Gasteiger partial charge in [-0.1, -0.05) is 150 Å². The molecule has 0 unspecified atom stereocenters. The van der Waals surface area contributed by atoms with Crippen LogP contribution in [-0.2, 0) is 21.7 Å². The van der Waals surface area contributed by atoms with E-state index in [1.54, 1.807) is 0 Å². The van der Waals surface area contributed by atoms with E-state index in [0.29, 0.717) is 0 Å². The van der Waals surface area contributed by atoms with Crippen molar-refractivity contribution in [3.05, 3.63) is 150 Å². The predicted molar refractivity (Wildman–Crippen MR) is 245 cm³/mol. The molecule has 0 fully saturated rings. The van der Waals surface area contributed by atoms with Crippen molar-refractivity contribution < 1.29 is 0 Å². The summed E-state index contributed by atoms with van der Waals surface area (Å²) in [5.41, 5.74) is 18.8. The van der Waals surface area contributed by atoms with Crippen LogP contribution in [0.4, 0.5) is 45.5 Å². The van der Waals surface area contributed by atoms with E-state index in [0.717, 1.165) is 22.7 Å². The number of rotatable bonds is 4. The molecule has 0 aliphatic carbocycles. The van der Waals surface area contributed by atoms with Gasteiger partial charge in [0, 0.05) is 45.5 Å². The molecule has 0 spiro atoms. The van der Waals surface area contributed by atoms with Crippen LogP contribution in [0.2, 0.25) is 0 Å². The van der Waals surface area contributed by atoms with Crippen LogP contribution in [0.5, 0.6) is 0 Å². The van der Waals surface area contributed by atoms with Crippen LogP contribution >= 0.6 is 0 Å². The number of hydrogen-bond donors (Lipinski definition) is 1. The summed E-state index contributed by atoms with van der Waals surface area (Å²) in [7, 11) is 0. The second-order valence-electron chi connectivity index (χ2n) is 20.2. The van der Waals surface area contributed by atoms with Crippen LogP contribution < -0.4 is 31.5 Å². The molecule has 2 heterocycles. The zero-order chi connectivity index (χ0) is 39.9. The Morgan fingerprint density at radius 2 is 0.750 bits per heavy atom. The molecular formula is C52H58BN3. The molecule has 0 radical (unpaired) electrons. The van der Waals surface area contributed by atoms with Gasteiger partial charge in [0.1, 0.15) is 0 Å². The number of hydrogen-bond acceptors (Lipinski definition) is 3. The standard InChI is InChI=1S/C52H58BN3/c1-49(2,3)34-18-24-40(25-19-34)55-44-28-22-36(51(7,8)9)30-42(44)53-43-31-37(52(10,11)12)23-29-45(43)56(41-26-20-35(21-27-41)50(4,5)6)47-33-39(32-46(55)48(47)53)54-38-16-14-13-15-17-38/h13-33,54H,1-12H3. The normalized spacial score (nSPS) is 14.0. The van der Waals surface area contributed by atoms with Crippen molar-refractivity contribution in [3.8, 4) is 0 Å². The van der Waals surface area contributed by atoms with E-state index >= 15 is 0 Å². The Bertz CT molecular complexity index is 2270. The Hall–Kier alpha value is -5.22. The first-order chi connectivity index (χ1) is 26.3. The zero-order valence-corrected chi connectivity index (χ0v) is 35.6. The third kappa shape index (κ3) is 6.72. The monoisotopic (exact) mass is 735 g/mol. The van der Waals surface area contributed by atoms with Crippen LogP contribution in [0.1, 0.15) is 105 Å². The van der Waals surface area contributed by atoms with Crippen molar-refractivity contribution in [2.75, 3.05) is 15.1 Å². The van der Waals surface area contributed by atoms with E-state index in [4.69, 9.17) is 0 Å². The maximum atomic E-state index is 3.82. The second-order valence-corrected chi connectivity index (χ2v) is 20.2. The first-order valence-corrected chi connectivity index (χ1v) is 20.4. The minimum atomic E-state index is -0.00756. The molecule has 0 atom stereocenters. The average Bonchev–Trinajstić information content (AvgIpc) is 3.13. The van der Waals surface area contributed by atoms with Crippen molar-refractivity contribution >= 4 is 68.6 Å². The predicted octanol–water partition coefficient (Wildman–Crippen LogP) is 12.7. The molecule has 2 aliphatic heterocycles. The van der Waals surface area contributed by atoms with Gasteiger partial charge in [-0.15, -0.1) is 0 Å². The van der Waals surface area contributed by atoms with Gasteiger partial charge in [0.25, 0.3) is 6.71 Å². The van der Waals surface area contributed by atoms with Gasteiger partial charge in [-0.2, -0.15) is 0 Å². The fraction of sp³-hybridized carbons (Fsp3) is 0.308. The fourth-order valence-corrected chi connectivity index (χ4v) is 8.48. The molecule has 6 aromatic rings. The zero-order valence-electron chi connectivity index (χ0n) is 35.6. The number of para-hydroxylation sites is 1. The largest absolute Gasteiger partial charge is 0.355 e. The molecule has 56 heavy (non-hydrogen) atoms. The van der Waals surface area contributed by atoms with Crippen LogP contribution in [0.15, 0.2) is 127 Å². The molecule has 6 aromatic carbocycles. The van der Waals surface area contributed by atoms with Gasteiger partial charge >= 0.3 is 0 Å². The van der Waals surface area contributed by atoms with E-state index in [2.05, 4.69) is 226 Å². The molecule has 0 saturated heterocycles. The molecular weight excluding hydrogens is 677 g/mol. The van der Waals surface area contributed by atoms with Gasteiger partial charge in [0.15, 0.2) is 0 Å². The topological polar surface area (TPSA) is 18.5 Å². The van der Waals surface area contributed by atoms with Gasteiger partial charge in [-0.3, -0.25) is 0 Å². The number of benzene rings is 6. The summed E-state index contributed by atoms with van der Waals surface area (Å²) in [5.74, 6) is 0. The molecule has 1 N–H and O–H groups in total. The number of nitrogens with one attached hydrogen (secondary N) is 1. The van der Waals surface area contributed by atoms with Gasteiger partial charge in [0.05, 0.1) is 0 Å². The smallest absolute Gasteiger partial charge is 0.252 e. The molecule has 0 amide bonds. The quantitative estimate of drug-likeness (QED) is 0.182. The third-order valence-corrected chi connectivity index (χ3v) is 11.8. The lowest BCUT2D eigenvalue weighted by Gasteiger charge is -2.45. The van der Waals surface area contributed by atoms with Crippen molar-refractivity contribution in [3.63, 3.8) is 0 Å². The van der Waals surface area contributed by atoms with Crippen LogP contribution in [0, 0.1) is 0 Å². The average molecular weight is 736 g/mol. The highest BCUT2D eigenvalue weighted by Crippen LogP contribution is 2.47. The van der Waals surface area contributed by atoms with Gasteiger partial charge < -0.3 is 15.1 Å². The summed E-state index contributed by atoms with van der Waals surface area (Å²) in [6, 6.07) is 48.4. The molecule has 3 nitrogen and oxygen atoms in total. The Labute approximate surface area is 336 Å². The number of nitrogens with zero attached hydrogens (tertiary/aromatic N) is 2. The first kappa shape index (κ1) is 37.7. The Morgan fingerprint density at radius 1 is 0.375 bits per heavy atom. The maximum absolute atomic E-state index is 3.82. The lowest BCUT2D eigenvalue weighted by Crippen LogP contribution is -2.61. The van der Waals surface area contributed by atoms with Crippen molar-refractivity contribution in [2.45, 2.75) is 105 Å². The van der Waals surface area contributed by atoms with Gasteiger partial charge in [-0.05, 0) is 121 Å². The summed E-state index contributed by atoms with van der Waals surface area (Å²) in [6.45, 7) is 27.8. The summed E-state index contributed by atoms with van der Waals surface area (Å²) in [5, 5.41) is 3.82. The fourth-order valence-electron chi connectivity index (χ4n) is 8.48. The highest BCUT2D eigenvalue weighted by atomic mass is 15.2. The number of fused-ring (bicyclic) bond motifs is 4. The van der Waals surface area contributed by atoms with Crippen LogP contribution in [-0.4, -0.2) is 6.71 Å². The molecule has 2 aliphatic rings. The van der Waals surface area contributed by atoms with E-state index in [1.165, 1.54) is 61.4 Å². The maximum Gasteiger partial charge on any atom is 0.252 e. The minimum Gasteiger partial charge on any atom is -0.355 e. The molecule has 0 aromatic heterocycles. The van der Waals surface area contributed by atoms with E-state index in [9.17, 15) is 0 Å². The van der Waals surface area contributed by atoms with Crippen molar-refractivity contribution in [1.82, 2.24) is 0 Å². The second kappa shape index (κ2) is 13.2. The molecule has 284 valence electrons. The van der Waals surface area contributed by atoms with Crippen LogP contribution in [0.3, 0.4) is 0 Å². The molecule has 0 saturated carbocycles. The Morgan fingerprint density at radius 3 is 1.12 bits per heavy atom. The lowest BCUT2D eigenvalue weighted by atomic mass is 9.33. The molecule has 0 bridgehead atoms. The summed E-state index contributed by atoms with van der Waals surface area (Å²) in [6.07, 6.45) is 0. The number of anilines is 8. The van der Waals surface area contributed by atoms with Crippen LogP contribution in [0.25, 0.3) is 0 Å². The molecule has 4 heteroatoms. The van der Waals surface area contributed by atoms with E-state index in [1.807, 2.05) is 0 Å². The van der Waals surface area contributed by atoms with Crippen molar-refractivity contribution in [1.29, 1.82) is 0 Å². The van der Waals surface area contributed by atoms with Crippen molar-refractivity contribution in [2.24, 2.45) is 0 Å². The first-order valence-electron chi connectivity index (χ1n) is 20.4. The Balaban J connectivity index is 1.47. The third-order valence-electron chi connectivity index (χ3n) is 11.8. The SMILES string of the molecule is CC(C)(C)c1ccc(N2c3ccc(C(C)(C)C)cc3B3c4cc(C(C)(C)C)ccc4N(c4ccc(C(C)(C)C)cc4)c4cc(Nc5ccccc5)cc2c43)cc1. The van der Waals surface area contributed by atoms with E-state index < -0.39 is 0 Å². The highest BCUT2D eigenvalue weighted by Gasteiger charge is 2.44. The summed E-state index contributed by atoms with van der Waals surface area (Å²) >= 11 is 0. The van der Waals surface area contributed by atoms with E-state index in [-0.39, 0.29) is 28.4 Å². The summed E-state index contributed by atoms with van der Waals surface area (Å²) < 4.78 is 0. The lowest BCUT2D eigenvalue weighted by molar-refractivity contribution is 0.590. The minimum absolute atomic E-state index is 0.00756. The molecule has 8 rings (SSSR count). The van der Waals surface area contributed by atoms with Gasteiger partial charge in [-0.25, -0.2) is 0 Å². The van der Waals surface area contributed by atoms with Gasteiger partial charge in [0.2, 0.25) is 0 Å². The Kier molecular flexibility index (Phi) is 8.88. The highest BCUT2D eigenvalue weighted by molar-refractivity contribution is 7.00.